The second-order valence-corrected chi connectivity index (χ2v) is 15.1. The van der Waals surface area contributed by atoms with Crippen LogP contribution in [0.25, 0.3) is 0 Å². The lowest BCUT2D eigenvalue weighted by atomic mass is 9.49. The van der Waals surface area contributed by atoms with E-state index in [9.17, 15) is 32.7 Å². The Balaban J connectivity index is 1.32. The highest BCUT2D eigenvalue weighted by molar-refractivity contribution is 6.33. The lowest BCUT2D eigenvalue weighted by Gasteiger charge is -2.50. The number of aromatic hydroxyl groups is 1. The number of alkyl halides is 3. The molecule has 6 atom stereocenters. The van der Waals surface area contributed by atoms with Crippen LogP contribution in [0, 0.1) is 23.7 Å². The van der Waals surface area contributed by atoms with Crippen LogP contribution in [0.4, 0.5) is 24.7 Å². The summed E-state index contributed by atoms with van der Waals surface area (Å²) in [7, 11) is 1.36. The van der Waals surface area contributed by atoms with Crippen molar-refractivity contribution in [1.29, 1.82) is 0 Å². The van der Waals surface area contributed by atoms with Crippen molar-refractivity contribution in [2.45, 2.75) is 30.4 Å². The van der Waals surface area contributed by atoms with Gasteiger partial charge in [-0.3, -0.25) is 29.5 Å². The predicted molar refractivity (Wildman–Crippen MR) is 195 cm³/mol. The maximum Gasteiger partial charge on any atom is 0.417 e. The predicted octanol–water partition coefficient (Wildman–Crippen LogP) is 7.96. The van der Waals surface area contributed by atoms with Crippen molar-refractivity contribution in [1.82, 2.24) is 9.99 Å². The molecule has 1 aromatic heterocycles. The third-order valence-corrected chi connectivity index (χ3v) is 12.0. The molecule has 16 heteroatoms. The number of amides is 4. The summed E-state index contributed by atoms with van der Waals surface area (Å²) >= 11 is 18.7. The molecular formula is C39H28Cl3F3N4O6. The molecule has 4 amide bonds. The van der Waals surface area contributed by atoms with Gasteiger partial charge < -0.3 is 9.84 Å². The first-order valence-electron chi connectivity index (χ1n) is 17.0. The average molecular weight is 812 g/mol. The molecule has 2 aliphatic carbocycles. The fraction of sp³-hybridized carbons (Fsp3) is 0.256. The molecule has 2 aliphatic heterocycles. The van der Waals surface area contributed by atoms with Gasteiger partial charge in [-0.25, -0.2) is 4.98 Å². The zero-order valence-corrected chi connectivity index (χ0v) is 30.7. The molecule has 0 radical (unpaired) electrons. The Labute approximate surface area is 326 Å². The number of hydrogen-bond acceptors (Lipinski definition) is 8. The smallest absolute Gasteiger partial charge is 0.417 e. The highest BCUT2D eigenvalue weighted by Gasteiger charge is 2.70. The first-order chi connectivity index (χ1) is 26.2. The number of carbonyl (C=O) groups excluding carboxylic acids is 4. The highest BCUT2D eigenvalue weighted by Crippen LogP contribution is 2.64. The molecule has 2 N–H and O–H groups in total. The number of hydrogen-bond donors (Lipinski definition) is 2. The lowest BCUT2D eigenvalue weighted by molar-refractivity contribution is -0.139. The molecule has 3 heterocycles. The number of fused-ring (bicyclic) bond motifs is 4. The molecule has 282 valence electrons. The van der Waals surface area contributed by atoms with Gasteiger partial charge in [0.25, 0.3) is 11.8 Å². The van der Waals surface area contributed by atoms with E-state index in [0.29, 0.717) is 49.7 Å². The number of anilines is 2. The number of benzene rings is 3. The molecule has 3 aromatic carbocycles. The number of nitrogens with one attached hydrogen (secondary N) is 1. The molecule has 55 heavy (non-hydrogen) atoms. The molecule has 1 saturated carbocycles. The molecule has 8 rings (SSSR count). The normalized spacial score (nSPS) is 26.1. The van der Waals surface area contributed by atoms with Gasteiger partial charge in [-0.1, -0.05) is 64.7 Å². The Morgan fingerprint density at radius 2 is 1.56 bits per heavy atom. The Hall–Kier alpha value is -5.11. The van der Waals surface area contributed by atoms with Gasteiger partial charge in [0.1, 0.15) is 0 Å². The zero-order valence-electron chi connectivity index (χ0n) is 28.5. The minimum atomic E-state index is -4.76. The third kappa shape index (κ3) is 5.65. The number of imide groups is 2. The Morgan fingerprint density at radius 1 is 0.891 bits per heavy atom. The van der Waals surface area contributed by atoms with Crippen LogP contribution in [0.5, 0.6) is 11.5 Å². The van der Waals surface area contributed by atoms with E-state index < -0.39 is 75.4 Å². The second kappa shape index (κ2) is 13.3. The number of nitrogens with zero attached hydrogens (tertiary/aromatic N) is 3. The van der Waals surface area contributed by atoms with E-state index in [0.717, 1.165) is 4.90 Å². The maximum absolute atomic E-state index is 15.3. The SMILES string of the molecule is COc1cc([C@H]2C3=CC[C@@H]4C(=O)N(c5ccc(Cl)cc5)C(=O)[C@@H]4[C@@H]3C[C@H]3C(=O)N(Nc4ncc(C(F)(F)F)cc4Cl)C(=O)[C@@]23c2ccc(Cl)cc2)ccc1O. The summed E-state index contributed by atoms with van der Waals surface area (Å²) in [4.78, 5) is 63.5. The largest absolute Gasteiger partial charge is 0.504 e. The van der Waals surface area contributed by atoms with Gasteiger partial charge in [0.05, 0.1) is 46.6 Å². The van der Waals surface area contributed by atoms with Crippen LogP contribution in [0.1, 0.15) is 35.4 Å². The standard InChI is InChI=1S/C39H28Cl3F3N4O6/c1-55-30-14-18(2-13-29(30)50)32-24-11-12-25-31(36(53)48(34(25)51)23-9-7-22(41)8-10-23)26(24)16-27-35(52)49(37(54)38(27,32)19-3-5-21(40)6-4-19)47-33-28(42)15-20(17-46-33)39(43,44)45/h2-11,13-15,17,25-27,31-32,50H,12,16H2,1H3,(H,46,47)/t25-,26+,27-,31-,32-,38+/m0/s1. The molecule has 3 fully saturated rings. The summed E-state index contributed by atoms with van der Waals surface area (Å²) in [5.41, 5.74) is 1.50. The molecular weight excluding hydrogens is 784 g/mol. The van der Waals surface area contributed by atoms with E-state index in [1.807, 2.05) is 6.08 Å². The topological polar surface area (TPSA) is 129 Å². The Morgan fingerprint density at radius 3 is 2.20 bits per heavy atom. The second-order valence-electron chi connectivity index (χ2n) is 13.8. The van der Waals surface area contributed by atoms with Gasteiger partial charge in [0.15, 0.2) is 17.3 Å². The number of rotatable bonds is 6. The number of hydrazine groups is 1. The van der Waals surface area contributed by atoms with Crippen molar-refractivity contribution in [2.24, 2.45) is 23.7 Å². The van der Waals surface area contributed by atoms with Crippen LogP contribution < -0.4 is 15.1 Å². The van der Waals surface area contributed by atoms with E-state index >= 15 is 4.79 Å². The Bertz CT molecular complexity index is 2320. The van der Waals surface area contributed by atoms with Crippen LogP contribution in [0.3, 0.4) is 0 Å². The number of halogens is 6. The fourth-order valence-electron chi connectivity index (χ4n) is 8.88. The van der Waals surface area contributed by atoms with E-state index in [4.69, 9.17) is 39.5 Å². The number of pyridine rings is 1. The van der Waals surface area contributed by atoms with E-state index in [-0.39, 0.29) is 30.2 Å². The number of methoxy groups -OCH3 is 1. The average Bonchev–Trinajstić information content (AvgIpc) is 3.53. The number of phenolic OH excluding ortho intramolecular Hbond substituents is 1. The van der Waals surface area contributed by atoms with Gasteiger partial charge >= 0.3 is 6.18 Å². The monoisotopic (exact) mass is 810 g/mol. The molecule has 0 bridgehead atoms. The van der Waals surface area contributed by atoms with E-state index in [1.54, 1.807) is 60.7 Å². The van der Waals surface area contributed by atoms with Crippen LogP contribution >= 0.6 is 34.8 Å². The maximum atomic E-state index is 15.3. The Kier molecular flexibility index (Phi) is 8.90. The van der Waals surface area contributed by atoms with Crippen LogP contribution in [0.15, 0.2) is 90.6 Å². The lowest BCUT2D eigenvalue weighted by Crippen LogP contribution is -2.53. The molecule has 4 aliphatic rings. The van der Waals surface area contributed by atoms with Crippen molar-refractivity contribution in [2.75, 3.05) is 17.4 Å². The number of ether oxygens (including phenoxy) is 1. The summed E-state index contributed by atoms with van der Waals surface area (Å²) in [6.07, 6.45) is -2.30. The van der Waals surface area contributed by atoms with Crippen molar-refractivity contribution in [3.8, 4) is 11.5 Å². The summed E-state index contributed by atoms with van der Waals surface area (Å²) in [6, 6.07) is 17.8. The quantitative estimate of drug-likeness (QED) is 0.148. The fourth-order valence-corrected chi connectivity index (χ4v) is 9.34. The molecule has 0 unspecified atom stereocenters. The van der Waals surface area contributed by atoms with Gasteiger partial charge in [0.2, 0.25) is 11.8 Å². The van der Waals surface area contributed by atoms with Crippen LogP contribution in [-0.2, 0) is 30.8 Å². The van der Waals surface area contributed by atoms with E-state index in [1.165, 1.54) is 13.2 Å². The van der Waals surface area contributed by atoms with Gasteiger partial charge in [0, 0.05) is 22.2 Å². The number of phenols is 1. The van der Waals surface area contributed by atoms with Gasteiger partial charge in [-0.2, -0.15) is 18.2 Å². The van der Waals surface area contributed by atoms with Crippen LogP contribution in [-0.4, -0.2) is 45.8 Å². The number of carbonyl (C=O) groups is 4. The van der Waals surface area contributed by atoms with Crippen molar-refractivity contribution in [3.63, 3.8) is 0 Å². The minimum absolute atomic E-state index is 0.0637. The number of aromatic nitrogens is 1. The third-order valence-electron chi connectivity index (χ3n) is 11.2. The summed E-state index contributed by atoms with van der Waals surface area (Å²) in [6.45, 7) is 0. The van der Waals surface area contributed by atoms with Crippen molar-refractivity contribution in [3.05, 3.63) is 122 Å². The summed E-state index contributed by atoms with van der Waals surface area (Å²) in [5.74, 6) is -7.54. The highest BCUT2D eigenvalue weighted by atomic mass is 35.5. The van der Waals surface area contributed by atoms with Crippen LogP contribution in [0.2, 0.25) is 15.1 Å². The molecule has 0 spiro atoms. The van der Waals surface area contributed by atoms with Gasteiger partial charge in [-0.15, -0.1) is 0 Å². The first kappa shape index (κ1) is 36.8. The minimum Gasteiger partial charge on any atom is -0.504 e. The molecule has 2 saturated heterocycles. The first-order valence-corrected chi connectivity index (χ1v) is 18.1. The zero-order chi connectivity index (χ0) is 39.1. The molecule has 4 aromatic rings. The summed E-state index contributed by atoms with van der Waals surface area (Å²) in [5, 5.41) is 11.6. The van der Waals surface area contributed by atoms with Gasteiger partial charge in [-0.05, 0) is 84.5 Å². The van der Waals surface area contributed by atoms with Crippen molar-refractivity contribution < 1.29 is 42.2 Å². The molecule has 10 nitrogen and oxygen atoms in total. The van der Waals surface area contributed by atoms with E-state index in [2.05, 4.69) is 10.4 Å². The number of allylic oxidation sites excluding steroid dienone is 2. The van der Waals surface area contributed by atoms with Crippen molar-refractivity contribution >= 4 is 69.9 Å². The summed E-state index contributed by atoms with van der Waals surface area (Å²) < 4.78 is 45.9.